The monoisotopic (exact) mass is 286 g/mol. The largest absolute Gasteiger partial charge is 0.396 e. The molecule has 1 aromatic carbocycles. The standard InChI is InChI=1S/C16H22N4O/c1-4-19(11-13-9-7-6-8-12(13)3)16(21)15-14(17)10-18-20(15)5-2/h6-10H,4-5,11,17H2,1-3H3. The van der Waals surface area contributed by atoms with E-state index in [0.717, 1.165) is 5.56 Å². The number of nitrogens with two attached hydrogens (primary N) is 1. The minimum atomic E-state index is -0.0717. The van der Waals surface area contributed by atoms with Crippen LogP contribution in [0.1, 0.15) is 35.5 Å². The van der Waals surface area contributed by atoms with Crippen molar-refractivity contribution in [2.75, 3.05) is 12.3 Å². The third-order valence-corrected chi connectivity index (χ3v) is 3.66. The molecule has 2 N–H and O–H groups in total. The van der Waals surface area contributed by atoms with Crippen molar-refractivity contribution < 1.29 is 4.79 Å². The summed E-state index contributed by atoms with van der Waals surface area (Å²) in [5.41, 5.74) is 9.15. The molecule has 5 heteroatoms. The SMILES string of the molecule is CCN(Cc1ccccc1C)C(=O)c1c(N)cnn1CC. The van der Waals surface area contributed by atoms with Gasteiger partial charge in [0.25, 0.3) is 5.91 Å². The first-order chi connectivity index (χ1) is 10.1. The summed E-state index contributed by atoms with van der Waals surface area (Å²) >= 11 is 0. The Morgan fingerprint density at radius 3 is 2.67 bits per heavy atom. The van der Waals surface area contributed by atoms with E-state index >= 15 is 0 Å². The quantitative estimate of drug-likeness (QED) is 0.918. The number of carbonyl (C=O) groups is 1. The second-order valence-corrected chi connectivity index (χ2v) is 5.01. The molecule has 21 heavy (non-hydrogen) atoms. The van der Waals surface area contributed by atoms with Crippen molar-refractivity contribution in [1.82, 2.24) is 14.7 Å². The van der Waals surface area contributed by atoms with Gasteiger partial charge in [-0.3, -0.25) is 9.48 Å². The highest BCUT2D eigenvalue weighted by molar-refractivity contribution is 5.97. The normalized spacial score (nSPS) is 10.6. The lowest BCUT2D eigenvalue weighted by Gasteiger charge is -2.22. The number of hydrogen-bond acceptors (Lipinski definition) is 3. The van der Waals surface area contributed by atoms with Gasteiger partial charge < -0.3 is 10.6 Å². The van der Waals surface area contributed by atoms with Crippen molar-refractivity contribution in [1.29, 1.82) is 0 Å². The van der Waals surface area contributed by atoms with Gasteiger partial charge in [0.2, 0.25) is 0 Å². The average molecular weight is 286 g/mol. The van der Waals surface area contributed by atoms with Gasteiger partial charge in [0, 0.05) is 19.6 Å². The van der Waals surface area contributed by atoms with E-state index in [1.165, 1.54) is 5.56 Å². The maximum absolute atomic E-state index is 12.7. The van der Waals surface area contributed by atoms with Crippen LogP contribution in [-0.4, -0.2) is 27.1 Å². The first kappa shape index (κ1) is 15.1. The summed E-state index contributed by atoms with van der Waals surface area (Å²) in [4.78, 5) is 14.5. The van der Waals surface area contributed by atoms with Crippen molar-refractivity contribution in [2.24, 2.45) is 0 Å². The molecular formula is C16H22N4O. The Morgan fingerprint density at radius 1 is 1.33 bits per heavy atom. The lowest BCUT2D eigenvalue weighted by atomic mass is 10.1. The summed E-state index contributed by atoms with van der Waals surface area (Å²) in [6.07, 6.45) is 1.54. The number of aryl methyl sites for hydroxylation is 2. The third kappa shape index (κ3) is 3.07. The number of anilines is 1. The molecule has 0 spiro atoms. The van der Waals surface area contributed by atoms with E-state index < -0.39 is 0 Å². The summed E-state index contributed by atoms with van der Waals surface area (Å²) in [5.74, 6) is -0.0717. The zero-order chi connectivity index (χ0) is 15.4. The number of carbonyl (C=O) groups excluding carboxylic acids is 1. The summed E-state index contributed by atoms with van der Waals surface area (Å²) in [6, 6.07) is 8.09. The molecule has 1 aromatic heterocycles. The van der Waals surface area contributed by atoms with E-state index in [-0.39, 0.29) is 5.91 Å². The lowest BCUT2D eigenvalue weighted by molar-refractivity contribution is 0.0741. The Hall–Kier alpha value is -2.30. The molecule has 0 unspecified atom stereocenters. The number of aromatic nitrogens is 2. The van der Waals surface area contributed by atoms with Crippen LogP contribution in [0.5, 0.6) is 0 Å². The smallest absolute Gasteiger partial charge is 0.274 e. The second-order valence-electron chi connectivity index (χ2n) is 5.01. The summed E-state index contributed by atoms with van der Waals surface area (Å²) < 4.78 is 1.65. The van der Waals surface area contributed by atoms with Gasteiger partial charge in [-0.1, -0.05) is 24.3 Å². The highest BCUT2D eigenvalue weighted by atomic mass is 16.2. The minimum Gasteiger partial charge on any atom is -0.396 e. The number of nitrogen functional groups attached to an aromatic ring is 1. The molecule has 2 rings (SSSR count). The maximum Gasteiger partial charge on any atom is 0.274 e. The van der Waals surface area contributed by atoms with Gasteiger partial charge >= 0.3 is 0 Å². The fraction of sp³-hybridized carbons (Fsp3) is 0.375. The molecule has 0 aliphatic heterocycles. The van der Waals surface area contributed by atoms with E-state index in [0.29, 0.717) is 31.0 Å². The molecule has 0 aliphatic carbocycles. The predicted octanol–water partition coefficient (Wildman–Crippen LogP) is 2.46. The molecule has 1 amide bonds. The van der Waals surface area contributed by atoms with Gasteiger partial charge in [-0.05, 0) is 31.9 Å². The molecule has 0 aliphatic rings. The number of rotatable bonds is 5. The Labute approximate surface area is 125 Å². The minimum absolute atomic E-state index is 0.0717. The average Bonchev–Trinajstić information content (AvgIpc) is 2.86. The number of benzene rings is 1. The number of nitrogens with zero attached hydrogens (tertiary/aromatic N) is 3. The molecular weight excluding hydrogens is 264 g/mol. The van der Waals surface area contributed by atoms with Crippen LogP contribution >= 0.6 is 0 Å². The highest BCUT2D eigenvalue weighted by Gasteiger charge is 2.22. The maximum atomic E-state index is 12.7. The van der Waals surface area contributed by atoms with Crippen molar-refractivity contribution in [3.8, 4) is 0 Å². The van der Waals surface area contributed by atoms with E-state index in [1.807, 2.05) is 32.0 Å². The zero-order valence-corrected chi connectivity index (χ0v) is 12.8. The summed E-state index contributed by atoms with van der Waals surface area (Å²) in [6.45, 7) is 7.80. The molecule has 0 saturated heterocycles. The van der Waals surface area contributed by atoms with Crippen LogP contribution in [0.2, 0.25) is 0 Å². The Kier molecular flexibility index (Phi) is 4.62. The fourth-order valence-electron chi connectivity index (χ4n) is 2.34. The first-order valence-corrected chi connectivity index (χ1v) is 7.23. The van der Waals surface area contributed by atoms with Crippen molar-refractivity contribution >= 4 is 11.6 Å². The molecule has 1 heterocycles. The van der Waals surface area contributed by atoms with Crippen LogP contribution in [0, 0.1) is 6.92 Å². The van der Waals surface area contributed by atoms with E-state index in [9.17, 15) is 4.79 Å². The van der Waals surface area contributed by atoms with Crippen LogP contribution in [0.3, 0.4) is 0 Å². The molecule has 2 aromatic rings. The zero-order valence-electron chi connectivity index (χ0n) is 12.8. The van der Waals surface area contributed by atoms with Crippen LogP contribution < -0.4 is 5.73 Å². The van der Waals surface area contributed by atoms with Gasteiger partial charge in [0.1, 0.15) is 5.69 Å². The second kappa shape index (κ2) is 6.43. The van der Waals surface area contributed by atoms with Gasteiger partial charge in [-0.15, -0.1) is 0 Å². The Balaban J connectivity index is 2.27. The van der Waals surface area contributed by atoms with E-state index in [2.05, 4.69) is 18.1 Å². The van der Waals surface area contributed by atoms with E-state index in [1.54, 1.807) is 15.8 Å². The molecule has 112 valence electrons. The van der Waals surface area contributed by atoms with Crippen LogP contribution in [0.15, 0.2) is 30.5 Å². The van der Waals surface area contributed by atoms with Gasteiger partial charge in [0.15, 0.2) is 0 Å². The van der Waals surface area contributed by atoms with Crippen LogP contribution in [0.25, 0.3) is 0 Å². The Bertz CT molecular complexity index is 633. The molecule has 0 fully saturated rings. The van der Waals surface area contributed by atoms with Gasteiger partial charge in [-0.25, -0.2) is 0 Å². The molecule has 0 atom stereocenters. The summed E-state index contributed by atoms with van der Waals surface area (Å²) in [7, 11) is 0. The highest BCUT2D eigenvalue weighted by Crippen LogP contribution is 2.17. The van der Waals surface area contributed by atoms with Crippen molar-refractivity contribution in [3.05, 3.63) is 47.3 Å². The predicted molar refractivity (Wildman–Crippen MR) is 83.9 cm³/mol. The van der Waals surface area contributed by atoms with Crippen LogP contribution in [0.4, 0.5) is 5.69 Å². The van der Waals surface area contributed by atoms with Crippen LogP contribution in [-0.2, 0) is 13.1 Å². The summed E-state index contributed by atoms with van der Waals surface area (Å²) in [5, 5.41) is 4.14. The fourth-order valence-corrected chi connectivity index (χ4v) is 2.34. The topological polar surface area (TPSA) is 64.2 Å². The van der Waals surface area contributed by atoms with Gasteiger partial charge in [0.05, 0.1) is 11.9 Å². The van der Waals surface area contributed by atoms with Crippen molar-refractivity contribution in [3.63, 3.8) is 0 Å². The number of hydrogen-bond donors (Lipinski definition) is 1. The molecule has 5 nitrogen and oxygen atoms in total. The molecule has 0 saturated carbocycles. The Morgan fingerprint density at radius 2 is 2.05 bits per heavy atom. The third-order valence-electron chi connectivity index (χ3n) is 3.66. The van der Waals surface area contributed by atoms with E-state index in [4.69, 9.17) is 5.73 Å². The van der Waals surface area contributed by atoms with Gasteiger partial charge in [-0.2, -0.15) is 5.10 Å². The van der Waals surface area contributed by atoms with Crippen molar-refractivity contribution in [2.45, 2.75) is 33.9 Å². The molecule has 0 bridgehead atoms. The first-order valence-electron chi connectivity index (χ1n) is 7.23. The lowest BCUT2D eigenvalue weighted by Crippen LogP contribution is -2.32. The molecule has 0 radical (unpaired) electrons. The number of amides is 1.